The molecule has 0 bridgehead atoms. The predicted octanol–water partition coefficient (Wildman–Crippen LogP) is 0.496. The minimum atomic E-state index is 0.155. The van der Waals surface area contributed by atoms with Gasteiger partial charge in [0.25, 0.3) is 0 Å². The number of carbonyl (C=O) groups is 1. The summed E-state index contributed by atoms with van der Waals surface area (Å²) in [6.07, 6.45) is 1.71. The Morgan fingerprint density at radius 1 is 1.75 bits per heavy atom. The maximum Gasteiger partial charge on any atom is 0.220 e. The zero-order valence-corrected chi connectivity index (χ0v) is 7.84. The van der Waals surface area contributed by atoms with Crippen molar-refractivity contribution in [1.82, 2.24) is 5.32 Å². The third kappa shape index (κ3) is 2.81. The molecule has 3 unspecified atom stereocenters. The van der Waals surface area contributed by atoms with E-state index < -0.39 is 0 Å². The molecule has 12 heavy (non-hydrogen) atoms. The van der Waals surface area contributed by atoms with Gasteiger partial charge < -0.3 is 11.1 Å². The Morgan fingerprint density at radius 2 is 2.33 bits per heavy atom. The van der Waals surface area contributed by atoms with Crippen molar-refractivity contribution >= 4 is 5.91 Å². The highest BCUT2D eigenvalue weighted by molar-refractivity contribution is 5.76. The largest absolute Gasteiger partial charge is 0.353 e. The zero-order valence-electron chi connectivity index (χ0n) is 7.84. The lowest BCUT2D eigenvalue weighted by Crippen LogP contribution is -2.29. The number of amides is 1. The van der Waals surface area contributed by atoms with Gasteiger partial charge in [0.15, 0.2) is 0 Å². The number of hydrogen-bond acceptors (Lipinski definition) is 2. The van der Waals surface area contributed by atoms with E-state index >= 15 is 0 Å². The number of hydrogen-bond donors (Lipinski definition) is 2. The van der Waals surface area contributed by atoms with Crippen LogP contribution in [0.15, 0.2) is 0 Å². The highest BCUT2D eigenvalue weighted by Gasteiger charge is 2.33. The summed E-state index contributed by atoms with van der Waals surface area (Å²) >= 11 is 0. The summed E-state index contributed by atoms with van der Waals surface area (Å²) < 4.78 is 0. The molecule has 0 radical (unpaired) electrons. The second-order valence-corrected chi connectivity index (χ2v) is 3.93. The van der Waals surface area contributed by atoms with Crippen molar-refractivity contribution < 1.29 is 4.79 Å². The first-order valence-electron chi connectivity index (χ1n) is 4.63. The molecule has 70 valence electrons. The van der Waals surface area contributed by atoms with E-state index in [1.54, 1.807) is 0 Å². The minimum Gasteiger partial charge on any atom is -0.353 e. The first-order chi connectivity index (χ1) is 5.63. The summed E-state index contributed by atoms with van der Waals surface area (Å²) in [6, 6.07) is 0.447. The molecular weight excluding hydrogens is 152 g/mol. The van der Waals surface area contributed by atoms with Crippen LogP contribution in [0.5, 0.6) is 0 Å². The van der Waals surface area contributed by atoms with Crippen LogP contribution in [0.4, 0.5) is 0 Å². The van der Waals surface area contributed by atoms with Gasteiger partial charge in [0.05, 0.1) is 0 Å². The summed E-state index contributed by atoms with van der Waals surface area (Å²) in [5.41, 5.74) is 5.41. The SMILES string of the molecule is CC(CN)CC(=O)NC1CC1C. The van der Waals surface area contributed by atoms with Crippen LogP contribution in [0.1, 0.15) is 26.7 Å². The van der Waals surface area contributed by atoms with E-state index in [0.717, 1.165) is 6.42 Å². The molecule has 1 amide bonds. The van der Waals surface area contributed by atoms with Crippen LogP contribution in [0.3, 0.4) is 0 Å². The van der Waals surface area contributed by atoms with Gasteiger partial charge in [-0.25, -0.2) is 0 Å². The van der Waals surface area contributed by atoms with Crippen LogP contribution in [0.2, 0.25) is 0 Å². The molecule has 1 fully saturated rings. The number of nitrogens with two attached hydrogens (primary N) is 1. The zero-order chi connectivity index (χ0) is 9.14. The lowest BCUT2D eigenvalue weighted by Gasteiger charge is -2.08. The fourth-order valence-corrected chi connectivity index (χ4v) is 1.19. The van der Waals surface area contributed by atoms with Gasteiger partial charge in [-0.05, 0) is 24.8 Å². The molecule has 1 aliphatic rings. The van der Waals surface area contributed by atoms with Gasteiger partial charge in [-0.15, -0.1) is 0 Å². The molecule has 3 heteroatoms. The van der Waals surface area contributed by atoms with Crippen molar-refractivity contribution in [3.05, 3.63) is 0 Å². The molecule has 0 aliphatic heterocycles. The highest BCUT2D eigenvalue weighted by Crippen LogP contribution is 2.29. The molecular formula is C9H18N2O. The summed E-state index contributed by atoms with van der Waals surface area (Å²) in [6.45, 7) is 4.74. The van der Waals surface area contributed by atoms with Gasteiger partial charge >= 0.3 is 0 Å². The maximum absolute atomic E-state index is 11.2. The van der Waals surface area contributed by atoms with Crippen LogP contribution >= 0.6 is 0 Å². The Balaban J connectivity index is 2.12. The topological polar surface area (TPSA) is 55.1 Å². The second kappa shape index (κ2) is 3.90. The van der Waals surface area contributed by atoms with Crippen molar-refractivity contribution in [2.24, 2.45) is 17.6 Å². The summed E-state index contributed by atoms with van der Waals surface area (Å²) in [7, 11) is 0. The average molecular weight is 170 g/mol. The summed E-state index contributed by atoms with van der Waals surface area (Å²) in [4.78, 5) is 11.2. The normalized spacial score (nSPS) is 29.6. The van der Waals surface area contributed by atoms with Gasteiger partial charge in [-0.2, -0.15) is 0 Å². The average Bonchev–Trinajstić information content (AvgIpc) is 2.66. The van der Waals surface area contributed by atoms with E-state index in [-0.39, 0.29) is 5.91 Å². The van der Waals surface area contributed by atoms with Gasteiger partial charge in [-0.3, -0.25) is 4.79 Å². The molecule has 3 atom stereocenters. The molecule has 0 aromatic carbocycles. The maximum atomic E-state index is 11.2. The molecule has 0 saturated heterocycles. The van der Waals surface area contributed by atoms with Crippen molar-refractivity contribution in [3.8, 4) is 0 Å². The quantitative estimate of drug-likeness (QED) is 0.645. The van der Waals surface area contributed by atoms with Crippen molar-refractivity contribution in [3.63, 3.8) is 0 Å². The van der Waals surface area contributed by atoms with E-state index in [0.29, 0.717) is 30.8 Å². The Hall–Kier alpha value is -0.570. The smallest absolute Gasteiger partial charge is 0.220 e. The van der Waals surface area contributed by atoms with E-state index in [1.165, 1.54) is 0 Å². The number of carbonyl (C=O) groups excluding carboxylic acids is 1. The molecule has 1 saturated carbocycles. The Morgan fingerprint density at radius 3 is 2.75 bits per heavy atom. The monoisotopic (exact) mass is 170 g/mol. The van der Waals surface area contributed by atoms with E-state index in [1.807, 2.05) is 6.92 Å². The third-order valence-electron chi connectivity index (χ3n) is 2.39. The van der Waals surface area contributed by atoms with Crippen molar-refractivity contribution in [2.75, 3.05) is 6.54 Å². The fraction of sp³-hybridized carbons (Fsp3) is 0.889. The first kappa shape index (κ1) is 9.52. The molecule has 1 aliphatic carbocycles. The molecule has 1 rings (SSSR count). The summed E-state index contributed by atoms with van der Waals surface area (Å²) in [5.74, 6) is 1.14. The van der Waals surface area contributed by atoms with E-state index in [9.17, 15) is 4.79 Å². The second-order valence-electron chi connectivity index (χ2n) is 3.93. The lowest BCUT2D eigenvalue weighted by molar-refractivity contribution is -0.122. The molecule has 0 heterocycles. The molecule has 3 nitrogen and oxygen atoms in total. The van der Waals surface area contributed by atoms with Crippen LogP contribution in [0, 0.1) is 11.8 Å². The molecule has 0 spiro atoms. The van der Waals surface area contributed by atoms with Gasteiger partial charge in [0.2, 0.25) is 5.91 Å². The van der Waals surface area contributed by atoms with Gasteiger partial charge in [0, 0.05) is 12.5 Å². The third-order valence-corrected chi connectivity index (χ3v) is 2.39. The predicted molar refractivity (Wildman–Crippen MR) is 48.5 cm³/mol. The van der Waals surface area contributed by atoms with Crippen molar-refractivity contribution in [1.29, 1.82) is 0 Å². The standard InChI is InChI=1S/C9H18N2O/c1-6(5-10)3-9(12)11-8-4-7(8)2/h6-8H,3-5,10H2,1-2H3,(H,11,12). The Bertz CT molecular complexity index is 162. The molecule has 0 aromatic heterocycles. The lowest BCUT2D eigenvalue weighted by atomic mass is 10.1. The van der Waals surface area contributed by atoms with Crippen molar-refractivity contribution in [2.45, 2.75) is 32.7 Å². The molecule has 3 N–H and O–H groups in total. The van der Waals surface area contributed by atoms with Crippen LogP contribution in [0.25, 0.3) is 0 Å². The Kier molecular flexibility index (Phi) is 3.09. The fourth-order valence-electron chi connectivity index (χ4n) is 1.19. The molecule has 0 aromatic rings. The number of rotatable bonds is 4. The van der Waals surface area contributed by atoms with Crippen LogP contribution < -0.4 is 11.1 Å². The van der Waals surface area contributed by atoms with Crippen LogP contribution in [-0.4, -0.2) is 18.5 Å². The van der Waals surface area contributed by atoms with Gasteiger partial charge in [-0.1, -0.05) is 13.8 Å². The first-order valence-corrected chi connectivity index (χ1v) is 4.63. The Labute approximate surface area is 73.7 Å². The van der Waals surface area contributed by atoms with Gasteiger partial charge in [0.1, 0.15) is 0 Å². The highest BCUT2D eigenvalue weighted by atomic mass is 16.1. The minimum absolute atomic E-state index is 0.155. The van der Waals surface area contributed by atoms with E-state index in [4.69, 9.17) is 5.73 Å². The number of nitrogens with one attached hydrogen (secondary N) is 1. The van der Waals surface area contributed by atoms with E-state index in [2.05, 4.69) is 12.2 Å². The van der Waals surface area contributed by atoms with Crippen LogP contribution in [-0.2, 0) is 4.79 Å². The summed E-state index contributed by atoms with van der Waals surface area (Å²) in [5, 5.41) is 2.97.